The minimum absolute atomic E-state index is 0.0559. The van der Waals surface area contributed by atoms with Crippen molar-refractivity contribution >= 4 is 11.9 Å². The van der Waals surface area contributed by atoms with E-state index in [1.807, 2.05) is 0 Å². The topological polar surface area (TPSA) is 112 Å². The van der Waals surface area contributed by atoms with Crippen LogP contribution in [0.3, 0.4) is 0 Å². The molecule has 2 aromatic heterocycles. The van der Waals surface area contributed by atoms with E-state index in [2.05, 4.69) is 15.4 Å². The third kappa shape index (κ3) is 2.66. The largest absolute Gasteiger partial charge is 0.481 e. The van der Waals surface area contributed by atoms with Crippen LogP contribution < -0.4 is 0 Å². The highest BCUT2D eigenvalue weighted by Crippen LogP contribution is 2.21. The maximum absolute atomic E-state index is 11.7. The predicted octanol–water partition coefficient (Wildman–Crippen LogP) is -0.0601. The number of hydrogen-bond acceptors (Lipinski definition) is 6. The molecule has 20 heavy (non-hydrogen) atoms. The van der Waals surface area contributed by atoms with Crippen molar-refractivity contribution in [3.8, 4) is 11.3 Å². The molecule has 0 unspecified atom stereocenters. The van der Waals surface area contributed by atoms with Crippen molar-refractivity contribution in [2.45, 2.75) is 13.0 Å². The van der Waals surface area contributed by atoms with Crippen molar-refractivity contribution in [2.24, 2.45) is 7.05 Å². The Morgan fingerprint density at radius 2 is 2.20 bits per heavy atom. The summed E-state index contributed by atoms with van der Waals surface area (Å²) in [4.78, 5) is 22.2. The van der Waals surface area contributed by atoms with Gasteiger partial charge in [0, 0.05) is 7.05 Å². The van der Waals surface area contributed by atoms with Gasteiger partial charge in [0.15, 0.2) is 5.69 Å². The first-order valence-corrected chi connectivity index (χ1v) is 5.75. The number of methoxy groups -OCH3 is 1. The van der Waals surface area contributed by atoms with Crippen molar-refractivity contribution in [1.29, 1.82) is 0 Å². The SMILES string of the molecule is COC(=O)c1c(-c2cn(CCC(=O)O)nn2)cnn1C. The number of aromatic nitrogens is 5. The average molecular weight is 279 g/mol. The van der Waals surface area contributed by atoms with Gasteiger partial charge in [-0.05, 0) is 0 Å². The van der Waals surface area contributed by atoms with Gasteiger partial charge < -0.3 is 9.84 Å². The molecule has 0 saturated heterocycles. The monoisotopic (exact) mass is 279 g/mol. The number of carboxylic acid groups (broad SMARTS) is 1. The fourth-order valence-corrected chi connectivity index (χ4v) is 1.71. The molecule has 9 heteroatoms. The van der Waals surface area contributed by atoms with Gasteiger partial charge in [-0.1, -0.05) is 5.21 Å². The first-order chi connectivity index (χ1) is 9.52. The molecule has 9 nitrogen and oxygen atoms in total. The molecule has 0 aliphatic rings. The Balaban J connectivity index is 2.28. The van der Waals surface area contributed by atoms with Crippen LogP contribution in [0.15, 0.2) is 12.4 Å². The number of ether oxygens (including phenoxy) is 1. The minimum Gasteiger partial charge on any atom is -0.481 e. The highest BCUT2D eigenvalue weighted by Gasteiger charge is 2.20. The summed E-state index contributed by atoms with van der Waals surface area (Å²) in [5.74, 6) is -1.45. The third-order valence-corrected chi connectivity index (χ3v) is 2.69. The first-order valence-electron chi connectivity index (χ1n) is 5.75. The first kappa shape index (κ1) is 13.7. The van der Waals surface area contributed by atoms with Gasteiger partial charge in [0.1, 0.15) is 5.69 Å². The van der Waals surface area contributed by atoms with E-state index in [0.717, 1.165) is 0 Å². The number of aryl methyl sites for hydroxylation is 2. The van der Waals surface area contributed by atoms with Gasteiger partial charge >= 0.3 is 11.9 Å². The van der Waals surface area contributed by atoms with E-state index in [1.54, 1.807) is 13.2 Å². The van der Waals surface area contributed by atoms with Crippen LogP contribution in [0.4, 0.5) is 0 Å². The number of carbonyl (C=O) groups excluding carboxylic acids is 1. The summed E-state index contributed by atoms with van der Waals surface area (Å²) >= 11 is 0. The highest BCUT2D eigenvalue weighted by atomic mass is 16.5. The second-order valence-electron chi connectivity index (χ2n) is 4.03. The van der Waals surface area contributed by atoms with E-state index in [1.165, 1.54) is 22.7 Å². The van der Waals surface area contributed by atoms with E-state index >= 15 is 0 Å². The molecule has 0 atom stereocenters. The lowest BCUT2D eigenvalue weighted by atomic mass is 10.2. The molecule has 0 aliphatic heterocycles. The third-order valence-electron chi connectivity index (χ3n) is 2.69. The molecule has 0 saturated carbocycles. The lowest BCUT2D eigenvalue weighted by Crippen LogP contribution is -2.09. The van der Waals surface area contributed by atoms with Gasteiger partial charge in [0.25, 0.3) is 0 Å². The van der Waals surface area contributed by atoms with Gasteiger partial charge in [-0.15, -0.1) is 5.10 Å². The molecule has 106 valence electrons. The Hall–Kier alpha value is -2.71. The molecule has 2 heterocycles. The maximum atomic E-state index is 11.7. The summed E-state index contributed by atoms with van der Waals surface area (Å²) in [5.41, 5.74) is 1.18. The van der Waals surface area contributed by atoms with Gasteiger partial charge in [-0.25, -0.2) is 4.79 Å². The zero-order valence-electron chi connectivity index (χ0n) is 11.0. The summed E-state index contributed by atoms with van der Waals surface area (Å²) in [5, 5.41) is 20.3. The lowest BCUT2D eigenvalue weighted by Gasteiger charge is -2.01. The fraction of sp³-hybridized carbons (Fsp3) is 0.364. The second-order valence-corrected chi connectivity index (χ2v) is 4.03. The lowest BCUT2D eigenvalue weighted by molar-refractivity contribution is -0.137. The van der Waals surface area contributed by atoms with Crippen molar-refractivity contribution in [3.63, 3.8) is 0 Å². The molecule has 1 N–H and O–H groups in total. The Labute approximate surface area is 113 Å². The predicted molar refractivity (Wildman–Crippen MR) is 65.8 cm³/mol. The summed E-state index contributed by atoms with van der Waals surface area (Å²) < 4.78 is 7.48. The number of aliphatic carboxylic acids is 1. The standard InChI is InChI=1S/C11H13N5O4/c1-15-10(11(19)20-2)7(5-12-15)8-6-16(14-13-8)4-3-9(17)18/h5-6H,3-4H2,1-2H3,(H,17,18). The van der Waals surface area contributed by atoms with Gasteiger partial charge in [-0.3, -0.25) is 14.2 Å². The van der Waals surface area contributed by atoms with Gasteiger partial charge in [0.2, 0.25) is 0 Å². The Morgan fingerprint density at radius 1 is 1.45 bits per heavy atom. The number of hydrogen-bond donors (Lipinski definition) is 1. The zero-order chi connectivity index (χ0) is 14.7. The van der Waals surface area contributed by atoms with Crippen molar-refractivity contribution in [3.05, 3.63) is 18.1 Å². The molecular formula is C11H13N5O4. The number of carbonyl (C=O) groups is 2. The Morgan fingerprint density at radius 3 is 2.85 bits per heavy atom. The fourth-order valence-electron chi connectivity index (χ4n) is 1.71. The van der Waals surface area contributed by atoms with Crippen LogP contribution in [0.5, 0.6) is 0 Å². The molecule has 2 aromatic rings. The van der Waals surface area contributed by atoms with E-state index in [-0.39, 0.29) is 18.7 Å². The van der Waals surface area contributed by atoms with Crippen molar-refractivity contribution in [1.82, 2.24) is 24.8 Å². The molecule has 0 radical (unpaired) electrons. The van der Waals surface area contributed by atoms with Gasteiger partial charge in [-0.2, -0.15) is 5.10 Å². The molecule has 0 bridgehead atoms. The van der Waals surface area contributed by atoms with Crippen LogP contribution in [-0.4, -0.2) is 48.9 Å². The molecule has 0 amide bonds. The van der Waals surface area contributed by atoms with Crippen LogP contribution in [-0.2, 0) is 23.1 Å². The normalized spacial score (nSPS) is 10.5. The van der Waals surface area contributed by atoms with Crippen LogP contribution >= 0.6 is 0 Å². The maximum Gasteiger partial charge on any atom is 0.357 e. The van der Waals surface area contributed by atoms with E-state index in [0.29, 0.717) is 11.3 Å². The zero-order valence-corrected chi connectivity index (χ0v) is 11.0. The number of rotatable bonds is 5. The summed E-state index contributed by atoms with van der Waals surface area (Å²) in [6.07, 6.45) is 2.99. The molecule has 2 rings (SSSR count). The number of nitrogens with zero attached hydrogens (tertiary/aromatic N) is 5. The smallest absolute Gasteiger partial charge is 0.357 e. The van der Waals surface area contributed by atoms with Crippen LogP contribution in [0, 0.1) is 0 Å². The van der Waals surface area contributed by atoms with Crippen LogP contribution in [0.2, 0.25) is 0 Å². The molecular weight excluding hydrogens is 266 g/mol. The Bertz CT molecular complexity index is 645. The van der Waals surface area contributed by atoms with E-state index < -0.39 is 11.9 Å². The number of esters is 1. The quantitative estimate of drug-likeness (QED) is 0.763. The van der Waals surface area contributed by atoms with Crippen molar-refractivity contribution < 1.29 is 19.4 Å². The number of carboxylic acids is 1. The van der Waals surface area contributed by atoms with Crippen LogP contribution in [0.1, 0.15) is 16.9 Å². The summed E-state index contributed by atoms with van der Waals surface area (Å²) in [6, 6.07) is 0. The molecule has 0 aromatic carbocycles. The molecule has 0 spiro atoms. The second kappa shape index (κ2) is 5.51. The van der Waals surface area contributed by atoms with E-state index in [4.69, 9.17) is 9.84 Å². The van der Waals surface area contributed by atoms with Crippen molar-refractivity contribution in [2.75, 3.05) is 7.11 Å². The van der Waals surface area contributed by atoms with Gasteiger partial charge in [0.05, 0.1) is 38.0 Å². The minimum atomic E-state index is -0.918. The molecule has 0 fully saturated rings. The Kier molecular flexibility index (Phi) is 3.78. The summed E-state index contributed by atoms with van der Waals surface area (Å²) in [6.45, 7) is 0.205. The summed E-state index contributed by atoms with van der Waals surface area (Å²) in [7, 11) is 2.90. The highest BCUT2D eigenvalue weighted by molar-refractivity contribution is 5.94. The average Bonchev–Trinajstić information content (AvgIpc) is 3.01. The van der Waals surface area contributed by atoms with E-state index in [9.17, 15) is 9.59 Å². The molecule has 0 aliphatic carbocycles. The van der Waals surface area contributed by atoms with Crippen LogP contribution in [0.25, 0.3) is 11.3 Å².